The van der Waals surface area contributed by atoms with Gasteiger partial charge in [-0.05, 0) is 57.6 Å². The molecule has 1 heterocycles. The predicted molar refractivity (Wildman–Crippen MR) is 75.4 cm³/mol. The number of piperidine rings is 1. The van der Waals surface area contributed by atoms with Crippen LogP contribution in [-0.2, 0) is 0 Å². The number of ketones is 1. The third-order valence-corrected chi connectivity index (χ3v) is 3.83. The molecule has 3 nitrogen and oxygen atoms in total. The van der Waals surface area contributed by atoms with E-state index in [1.807, 2.05) is 24.3 Å². The molecule has 2 rings (SSSR count). The molecule has 1 aliphatic heterocycles. The monoisotopic (exact) mass is 246 g/mol. The topological polar surface area (TPSA) is 23.6 Å². The Hall–Kier alpha value is -1.35. The molecule has 0 bridgehead atoms. The second-order valence-corrected chi connectivity index (χ2v) is 5.27. The van der Waals surface area contributed by atoms with Crippen LogP contribution in [0.25, 0.3) is 0 Å². The number of hydrogen-bond acceptors (Lipinski definition) is 3. The lowest BCUT2D eigenvalue weighted by Gasteiger charge is -2.37. The number of Topliss-reactive ketones (excluding diaryl/α,β-unsaturated/α-hetero) is 1. The molecule has 3 heteroatoms. The maximum absolute atomic E-state index is 11.3. The van der Waals surface area contributed by atoms with Gasteiger partial charge in [-0.15, -0.1) is 0 Å². The van der Waals surface area contributed by atoms with Crippen molar-refractivity contribution >= 4 is 11.5 Å². The Kier molecular flexibility index (Phi) is 4.02. The van der Waals surface area contributed by atoms with Crippen LogP contribution >= 0.6 is 0 Å². The van der Waals surface area contributed by atoms with Crippen molar-refractivity contribution in [2.45, 2.75) is 25.8 Å². The fourth-order valence-electron chi connectivity index (χ4n) is 2.60. The first-order chi connectivity index (χ1) is 8.58. The lowest BCUT2D eigenvalue weighted by Crippen LogP contribution is -2.45. The summed E-state index contributed by atoms with van der Waals surface area (Å²) in [6, 6.07) is 8.50. The van der Waals surface area contributed by atoms with E-state index in [0.29, 0.717) is 6.04 Å². The quantitative estimate of drug-likeness (QED) is 0.765. The largest absolute Gasteiger partial charge is 0.370 e. The molecule has 0 N–H and O–H groups in total. The van der Waals surface area contributed by atoms with Gasteiger partial charge in [0.15, 0.2) is 5.78 Å². The first-order valence-corrected chi connectivity index (χ1v) is 6.60. The van der Waals surface area contributed by atoms with Crippen LogP contribution in [0.3, 0.4) is 0 Å². The van der Waals surface area contributed by atoms with E-state index in [2.05, 4.69) is 23.9 Å². The second-order valence-electron chi connectivity index (χ2n) is 5.27. The van der Waals surface area contributed by atoms with Crippen molar-refractivity contribution in [2.24, 2.45) is 0 Å². The normalized spacial score (nSPS) is 20.7. The molecule has 1 unspecified atom stereocenters. The van der Waals surface area contributed by atoms with Gasteiger partial charge in [0.25, 0.3) is 0 Å². The standard InChI is InChI=1S/C15H22N2O/c1-12(18)13-6-8-14(9-7-13)17(3)15-5-4-10-16(2)11-15/h6-9,15H,4-5,10-11H2,1-3H3. The number of benzene rings is 1. The number of hydrogen-bond donors (Lipinski definition) is 0. The number of carbonyl (C=O) groups is 1. The van der Waals surface area contributed by atoms with Crippen molar-refractivity contribution in [2.75, 3.05) is 32.1 Å². The highest BCUT2D eigenvalue weighted by atomic mass is 16.1. The van der Waals surface area contributed by atoms with Gasteiger partial charge in [-0.2, -0.15) is 0 Å². The minimum absolute atomic E-state index is 0.126. The van der Waals surface area contributed by atoms with Crippen molar-refractivity contribution in [3.8, 4) is 0 Å². The van der Waals surface area contributed by atoms with E-state index in [4.69, 9.17) is 0 Å². The molecular weight excluding hydrogens is 224 g/mol. The molecule has 0 radical (unpaired) electrons. The van der Waals surface area contributed by atoms with Crippen molar-refractivity contribution < 1.29 is 4.79 Å². The minimum atomic E-state index is 0.126. The van der Waals surface area contributed by atoms with E-state index < -0.39 is 0 Å². The summed E-state index contributed by atoms with van der Waals surface area (Å²) in [5.74, 6) is 0.126. The van der Waals surface area contributed by atoms with Gasteiger partial charge in [-0.1, -0.05) is 0 Å². The molecule has 1 aromatic carbocycles. The first kappa shape index (κ1) is 13.1. The Morgan fingerprint density at radius 3 is 2.56 bits per heavy atom. The van der Waals surface area contributed by atoms with E-state index in [1.54, 1.807) is 6.92 Å². The van der Waals surface area contributed by atoms with Gasteiger partial charge in [0, 0.05) is 30.9 Å². The molecule has 18 heavy (non-hydrogen) atoms. The Morgan fingerprint density at radius 1 is 1.33 bits per heavy atom. The first-order valence-electron chi connectivity index (χ1n) is 6.60. The molecule has 1 aromatic rings. The summed E-state index contributed by atoms with van der Waals surface area (Å²) in [4.78, 5) is 16.0. The molecule has 1 fully saturated rings. The summed E-state index contributed by atoms with van der Waals surface area (Å²) in [6.45, 7) is 3.92. The fourth-order valence-corrected chi connectivity index (χ4v) is 2.60. The molecule has 1 saturated heterocycles. The van der Waals surface area contributed by atoms with Gasteiger partial charge < -0.3 is 9.80 Å². The number of likely N-dealkylation sites (tertiary alicyclic amines) is 1. The van der Waals surface area contributed by atoms with E-state index in [-0.39, 0.29) is 5.78 Å². The Labute approximate surface area is 109 Å². The highest BCUT2D eigenvalue weighted by Gasteiger charge is 2.21. The molecule has 0 aliphatic carbocycles. The maximum Gasteiger partial charge on any atom is 0.159 e. The van der Waals surface area contributed by atoms with Crippen LogP contribution in [0.2, 0.25) is 0 Å². The van der Waals surface area contributed by atoms with Gasteiger partial charge in [0.1, 0.15) is 0 Å². The Morgan fingerprint density at radius 2 is 2.00 bits per heavy atom. The van der Waals surface area contributed by atoms with Gasteiger partial charge in [0.05, 0.1) is 0 Å². The van der Waals surface area contributed by atoms with Crippen LogP contribution in [0.1, 0.15) is 30.1 Å². The molecule has 0 aromatic heterocycles. The Bertz CT molecular complexity index is 413. The smallest absolute Gasteiger partial charge is 0.159 e. The summed E-state index contributed by atoms with van der Waals surface area (Å²) in [7, 11) is 4.32. The second kappa shape index (κ2) is 5.53. The van der Waals surface area contributed by atoms with Crippen LogP contribution < -0.4 is 4.90 Å². The van der Waals surface area contributed by atoms with Crippen LogP contribution in [-0.4, -0.2) is 43.9 Å². The van der Waals surface area contributed by atoms with Gasteiger partial charge in [-0.25, -0.2) is 0 Å². The van der Waals surface area contributed by atoms with Gasteiger partial charge >= 0.3 is 0 Å². The van der Waals surface area contributed by atoms with E-state index in [0.717, 1.165) is 12.1 Å². The molecule has 1 atom stereocenters. The third kappa shape index (κ3) is 2.91. The van der Waals surface area contributed by atoms with Gasteiger partial charge in [-0.3, -0.25) is 4.79 Å². The van der Waals surface area contributed by atoms with Crippen LogP contribution in [0.4, 0.5) is 5.69 Å². The Balaban J connectivity index is 2.08. The van der Waals surface area contributed by atoms with E-state index >= 15 is 0 Å². The number of likely N-dealkylation sites (N-methyl/N-ethyl adjacent to an activating group) is 2. The summed E-state index contributed by atoms with van der Waals surface area (Å²) >= 11 is 0. The summed E-state index contributed by atoms with van der Waals surface area (Å²) in [6.07, 6.45) is 2.51. The highest BCUT2D eigenvalue weighted by molar-refractivity contribution is 5.94. The van der Waals surface area contributed by atoms with Crippen molar-refractivity contribution in [3.05, 3.63) is 29.8 Å². The molecule has 0 saturated carbocycles. The SMILES string of the molecule is CC(=O)c1ccc(N(C)C2CCCN(C)C2)cc1. The van der Waals surface area contributed by atoms with Gasteiger partial charge in [0.2, 0.25) is 0 Å². The fraction of sp³-hybridized carbons (Fsp3) is 0.533. The predicted octanol–water partition coefficient (Wildman–Crippen LogP) is 2.42. The number of carbonyl (C=O) groups excluding carboxylic acids is 1. The maximum atomic E-state index is 11.3. The van der Waals surface area contributed by atoms with Crippen LogP contribution in [0.15, 0.2) is 24.3 Å². The molecular formula is C15H22N2O. The molecule has 0 spiro atoms. The van der Waals surface area contributed by atoms with Crippen molar-refractivity contribution in [3.63, 3.8) is 0 Å². The number of nitrogens with zero attached hydrogens (tertiary/aromatic N) is 2. The molecule has 1 aliphatic rings. The summed E-state index contributed by atoms with van der Waals surface area (Å²) < 4.78 is 0. The summed E-state index contributed by atoms with van der Waals surface area (Å²) in [5, 5.41) is 0. The average Bonchev–Trinajstić information content (AvgIpc) is 2.38. The van der Waals surface area contributed by atoms with Crippen LogP contribution in [0, 0.1) is 0 Å². The third-order valence-electron chi connectivity index (χ3n) is 3.83. The lowest BCUT2D eigenvalue weighted by molar-refractivity contribution is 0.101. The lowest BCUT2D eigenvalue weighted by atomic mass is 10.0. The van der Waals surface area contributed by atoms with Crippen molar-refractivity contribution in [1.82, 2.24) is 4.90 Å². The van der Waals surface area contributed by atoms with Crippen LogP contribution in [0.5, 0.6) is 0 Å². The molecule has 0 amide bonds. The van der Waals surface area contributed by atoms with E-state index in [1.165, 1.54) is 25.1 Å². The van der Waals surface area contributed by atoms with E-state index in [9.17, 15) is 4.79 Å². The number of rotatable bonds is 3. The molecule has 98 valence electrons. The zero-order valence-corrected chi connectivity index (χ0v) is 11.5. The minimum Gasteiger partial charge on any atom is -0.370 e. The zero-order chi connectivity index (χ0) is 13.1. The summed E-state index contributed by atoms with van der Waals surface area (Å²) in [5.41, 5.74) is 1.98. The zero-order valence-electron chi connectivity index (χ0n) is 11.5. The van der Waals surface area contributed by atoms with Crippen molar-refractivity contribution in [1.29, 1.82) is 0 Å². The highest BCUT2D eigenvalue weighted by Crippen LogP contribution is 2.21. The number of anilines is 1. The average molecular weight is 246 g/mol.